The SMILES string of the molecule is CCCC(C)Nc1ccc(C(=O)O)c(Br)c1F. The summed E-state index contributed by atoms with van der Waals surface area (Å²) in [6.45, 7) is 4.01. The molecular formula is C12H15BrFNO2. The van der Waals surface area contributed by atoms with Crippen molar-refractivity contribution in [1.29, 1.82) is 0 Å². The average molecular weight is 304 g/mol. The summed E-state index contributed by atoms with van der Waals surface area (Å²) in [6.07, 6.45) is 1.93. The molecule has 0 aliphatic carbocycles. The first-order valence-electron chi connectivity index (χ1n) is 5.45. The van der Waals surface area contributed by atoms with Gasteiger partial charge in [0.05, 0.1) is 15.7 Å². The van der Waals surface area contributed by atoms with Gasteiger partial charge in [-0.15, -0.1) is 0 Å². The minimum Gasteiger partial charge on any atom is -0.478 e. The summed E-state index contributed by atoms with van der Waals surface area (Å²) in [7, 11) is 0. The van der Waals surface area contributed by atoms with Crippen molar-refractivity contribution >= 4 is 27.6 Å². The van der Waals surface area contributed by atoms with Crippen molar-refractivity contribution in [1.82, 2.24) is 0 Å². The smallest absolute Gasteiger partial charge is 0.336 e. The van der Waals surface area contributed by atoms with Gasteiger partial charge in [-0.1, -0.05) is 13.3 Å². The highest BCUT2D eigenvalue weighted by atomic mass is 79.9. The summed E-state index contributed by atoms with van der Waals surface area (Å²) < 4.78 is 13.8. The molecule has 1 rings (SSSR count). The van der Waals surface area contributed by atoms with Crippen LogP contribution in [0.2, 0.25) is 0 Å². The molecule has 2 N–H and O–H groups in total. The highest BCUT2D eigenvalue weighted by Crippen LogP contribution is 2.27. The molecule has 1 atom stereocenters. The molecule has 5 heteroatoms. The molecule has 0 saturated carbocycles. The third-order valence-electron chi connectivity index (χ3n) is 2.44. The summed E-state index contributed by atoms with van der Waals surface area (Å²) in [5.41, 5.74) is 0.249. The Morgan fingerprint density at radius 2 is 2.24 bits per heavy atom. The molecule has 94 valence electrons. The van der Waals surface area contributed by atoms with Crippen LogP contribution >= 0.6 is 15.9 Å². The number of carbonyl (C=O) groups is 1. The first kappa shape index (κ1) is 14.0. The van der Waals surface area contributed by atoms with Crippen LogP contribution in [-0.4, -0.2) is 17.1 Å². The Balaban J connectivity index is 2.96. The van der Waals surface area contributed by atoms with E-state index >= 15 is 0 Å². The lowest BCUT2D eigenvalue weighted by Gasteiger charge is -2.16. The molecule has 0 bridgehead atoms. The van der Waals surface area contributed by atoms with Crippen molar-refractivity contribution in [2.24, 2.45) is 0 Å². The molecule has 0 aliphatic rings. The largest absolute Gasteiger partial charge is 0.478 e. The molecule has 0 spiro atoms. The van der Waals surface area contributed by atoms with E-state index in [0.29, 0.717) is 5.69 Å². The quantitative estimate of drug-likeness (QED) is 0.867. The number of anilines is 1. The van der Waals surface area contributed by atoms with Gasteiger partial charge in [-0.25, -0.2) is 9.18 Å². The first-order chi connectivity index (χ1) is 7.97. The van der Waals surface area contributed by atoms with Crippen LogP contribution in [-0.2, 0) is 0 Å². The average Bonchev–Trinajstić information content (AvgIpc) is 2.25. The van der Waals surface area contributed by atoms with Gasteiger partial charge in [0.1, 0.15) is 0 Å². The van der Waals surface area contributed by atoms with E-state index in [1.165, 1.54) is 12.1 Å². The highest BCUT2D eigenvalue weighted by Gasteiger charge is 2.16. The van der Waals surface area contributed by atoms with E-state index in [0.717, 1.165) is 12.8 Å². The number of hydrogen-bond acceptors (Lipinski definition) is 2. The topological polar surface area (TPSA) is 49.3 Å². The van der Waals surface area contributed by atoms with Crippen LogP contribution in [0.25, 0.3) is 0 Å². The number of rotatable bonds is 5. The molecule has 0 heterocycles. The van der Waals surface area contributed by atoms with Gasteiger partial charge >= 0.3 is 5.97 Å². The molecule has 0 radical (unpaired) electrons. The van der Waals surface area contributed by atoms with E-state index in [1.807, 2.05) is 6.92 Å². The van der Waals surface area contributed by atoms with E-state index < -0.39 is 11.8 Å². The third-order valence-corrected chi connectivity index (χ3v) is 3.21. The van der Waals surface area contributed by atoms with Crippen molar-refractivity contribution in [3.8, 4) is 0 Å². The fourth-order valence-corrected chi connectivity index (χ4v) is 2.11. The Morgan fingerprint density at radius 3 is 2.76 bits per heavy atom. The lowest BCUT2D eigenvalue weighted by atomic mass is 10.1. The predicted molar refractivity (Wildman–Crippen MR) is 69.1 cm³/mol. The molecule has 0 amide bonds. The van der Waals surface area contributed by atoms with Crippen LogP contribution in [0.1, 0.15) is 37.0 Å². The minimum absolute atomic E-state index is 0.0151. The fraction of sp³-hybridized carbons (Fsp3) is 0.417. The van der Waals surface area contributed by atoms with E-state index in [2.05, 4.69) is 28.2 Å². The molecule has 0 saturated heterocycles. The Kier molecular flexibility index (Phi) is 4.93. The normalized spacial score (nSPS) is 12.2. The number of benzene rings is 1. The zero-order valence-corrected chi connectivity index (χ0v) is 11.3. The summed E-state index contributed by atoms with van der Waals surface area (Å²) in [6, 6.07) is 2.99. The zero-order valence-electron chi connectivity index (χ0n) is 9.76. The Hall–Kier alpha value is -1.10. The molecule has 1 unspecified atom stereocenters. The van der Waals surface area contributed by atoms with Crippen LogP contribution in [0.15, 0.2) is 16.6 Å². The Bertz CT molecular complexity index is 423. The molecule has 1 aromatic rings. The molecule has 0 fully saturated rings. The lowest BCUT2D eigenvalue weighted by Crippen LogP contribution is -2.16. The van der Waals surface area contributed by atoms with E-state index in [9.17, 15) is 9.18 Å². The van der Waals surface area contributed by atoms with Crippen LogP contribution in [0.3, 0.4) is 0 Å². The molecule has 0 aromatic heterocycles. The standard InChI is InChI=1S/C12H15BrFNO2/c1-3-4-7(2)15-9-6-5-8(12(16)17)10(13)11(9)14/h5-7,15H,3-4H2,1-2H3,(H,16,17). The Labute approximate surface area is 108 Å². The molecular weight excluding hydrogens is 289 g/mol. The second-order valence-electron chi connectivity index (χ2n) is 3.93. The molecule has 1 aromatic carbocycles. The van der Waals surface area contributed by atoms with Crippen molar-refractivity contribution in [2.45, 2.75) is 32.7 Å². The van der Waals surface area contributed by atoms with E-state index in [1.54, 1.807) is 0 Å². The number of halogens is 2. The summed E-state index contributed by atoms with van der Waals surface area (Å²) >= 11 is 2.96. The second-order valence-corrected chi connectivity index (χ2v) is 4.72. The van der Waals surface area contributed by atoms with Crippen molar-refractivity contribution < 1.29 is 14.3 Å². The minimum atomic E-state index is -1.15. The summed E-state index contributed by atoms with van der Waals surface area (Å²) in [4.78, 5) is 10.8. The van der Waals surface area contributed by atoms with Crippen molar-refractivity contribution in [2.75, 3.05) is 5.32 Å². The van der Waals surface area contributed by atoms with Crippen LogP contribution < -0.4 is 5.32 Å². The predicted octanol–water partition coefficient (Wildman–Crippen LogP) is 3.89. The number of nitrogens with one attached hydrogen (secondary N) is 1. The van der Waals surface area contributed by atoms with Gasteiger partial charge in [0.25, 0.3) is 0 Å². The first-order valence-corrected chi connectivity index (χ1v) is 6.24. The monoisotopic (exact) mass is 303 g/mol. The van der Waals surface area contributed by atoms with Gasteiger partial charge in [-0.2, -0.15) is 0 Å². The molecule has 0 aliphatic heterocycles. The maximum atomic E-state index is 13.9. The summed E-state index contributed by atoms with van der Waals surface area (Å²) in [5.74, 6) is -1.71. The summed E-state index contributed by atoms with van der Waals surface area (Å²) in [5, 5.41) is 11.9. The van der Waals surface area contributed by atoms with Gasteiger partial charge in [-0.3, -0.25) is 0 Å². The van der Waals surface area contributed by atoms with E-state index in [4.69, 9.17) is 5.11 Å². The second kappa shape index (κ2) is 6.00. The van der Waals surface area contributed by atoms with Crippen LogP contribution in [0, 0.1) is 5.82 Å². The fourth-order valence-electron chi connectivity index (χ4n) is 1.60. The third kappa shape index (κ3) is 3.43. The number of carboxylic acids is 1. The lowest BCUT2D eigenvalue weighted by molar-refractivity contribution is 0.0695. The van der Waals surface area contributed by atoms with Crippen LogP contribution in [0.5, 0.6) is 0 Å². The maximum absolute atomic E-state index is 13.9. The van der Waals surface area contributed by atoms with Gasteiger partial charge in [-0.05, 0) is 41.4 Å². The number of hydrogen-bond donors (Lipinski definition) is 2. The Morgan fingerprint density at radius 1 is 1.59 bits per heavy atom. The maximum Gasteiger partial charge on any atom is 0.336 e. The molecule has 17 heavy (non-hydrogen) atoms. The van der Waals surface area contributed by atoms with Crippen molar-refractivity contribution in [3.05, 3.63) is 28.0 Å². The zero-order chi connectivity index (χ0) is 13.0. The van der Waals surface area contributed by atoms with E-state index in [-0.39, 0.29) is 16.1 Å². The molecule has 3 nitrogen and oxygen atoms in total. The van der Waals surface area contributed by atoms with Gasteiger partial charge in [0.15, 0.2) is 5.82 Å². The number of carboxylic acid groups (broad SMARTS) is 1. The highest BCUT2D eigenvalue weighted by molar-refractivity contribution is 9.10. The van der Waals surface area contributed by atoms with Crippen molar-refractivity contribution in [3.63, 3.8) is 0 Å². The van der Waals surface area contributed by atoms with Crippen LogP contribution in [0.4, 0.5) is 10.1 Å². The van der Waals surface area contributed by atoms with Gasteiger partial charge < -0.3 is 10.4 Å². The van der Waals surface area contributed by atoms with Gasteiger partial charge in [0, 0.05) is 6.04 Å². The number of aromatic carboxylic acids is 1. The van der Waals surface area contributed by atoms with Gasteiger partial charge in [0.2, 0.25) is 0 Å².